The van der Waals surface area contributed by atoms with E-state index in [9.17, 15) is 18.0 Å². The topological polar surface area (TPSA) is 41.6 Å². The first kappa shape index (κ1) is 23.0. The number of hydrogen-bond donors (Lipinski definition) is 1. The largest absolute Gasteiger partial charge is 0.496 e. The van der Waals surface area contributed by atoms with Gasteiger partial charge in [-0.15, -0.1) is 11.8 Å². The lowest BCUT2D eigenvalue weighted by atomic mass is 9.76. The summed E-state index contributed by atoms with van der Waals surface area (Å²) < 4.78 is 45.4. The van der Waals surface area contributed by atoms with Crippen molar-refractivity contribution >= 4 is 17.7 Å². The number of nitrogens with one attached hydrogen (secondary N) is 1. The number of fused-ring (bicyclic) bond motifs is 2. The molecular formula is C24H27F3N2O2S. The van der Waals surface area contributed by atoms with E-state index in [-0.39, 0.29) is 22.3 Å². The van der Waals surface area contributed by atoms with Gasteiger partial charge in [-0.2, -0.15) is 13.2 Å². The summed E-state index contributed by atoms with van der Waals surface area (Å²) in [5, 5.41) is 3.28. The maximum absolute atomic E-state index is 13.7. The molecule has 0 radical (unpaired) electrons. The molecule has 8 heteroatoms. The molecule has 1 N–H and O–H groups in total. The Bertz CT molecular complexity index is 973. The van der Waals surface area contributed by atoms with Gasteiger partial charge < -0.3 is 10.1 Å². The number of hydrogen-bond acceptors (Lipinski definition) is 4. The van der Waals surface area contributed by atoms with E-state index in [1.165, 1.54) is 7.11 Å². The summed E-state index contributed by atoms with van der Waals surface area (Å²) in [6.45, 7) is 0. The van der Waals surface area contributed by atoms with Crippen molar-refractivity contribution in [1.29, 1.82) is 0 Å². The van der Waals surface area contributed by atoms with Crippen molar-refractivity contribution in [3.05, 3.63) is 59.2 Å². The number of alkyl halides is 3. The van der Waals surface area contributed by atoms with Crippen LogP contribution in [0.2, 0.25) is 0 Å². The Kier molecular flexibility index (Phi) is 6.20. The third-order valence-electron chi connectivity index (χ3n) is 6.97. The number of carbonyl (C=O) groups is 1. The van der Waals surface area contributed by atoms with Gasteiger partial charge in [-0.05, 0) is 56.7 Å². The lowest BCUT2D eigenvalue weighted by Crippen LogP contribution is -2.61. The molecule has 2 saturated heterocycles. The van der Waals surface area contributed by atoms with Crippen molar-refractivity contribution in [2.45, 2.75) is 54.4 Å². The van der Waals surface area contributed by atoms with Crippen LogP contribution >= 0.6 is 11.8 Å². The van der Waals surface area contributed by atoms with E-state index in [4.69, 9.17) is 4.74 Å². The highest BCUT2D eigenvalue weighted by Crippen LogP contribution is 2.47. The number of likely N-dealkylation sites (N-methyl/N-ethyl adjacent to an activating group) is 1. The summed E-state index contributed by atoms with van der Waals surface area (Å²) in [6, 6.07) is 12.4. The van der Waals surface area contributed by atoms with Crippen LogP contribution in [0, 0.1) is 0 Å². The minimum absolute atomic E-state index is 0.0710. The minimum Gasteiger partial charge on any atom is -0.496 e. The lowest BCUT2D eigenvalue weighted by molar-refractivity contribution is -0.137. The van der Waals surface area contributed by atoms with Crippen LogP contribution < -0.4 is 10.1 Å². The molecule has 2 fully saturated rings. The number of halogens is 3. The first-order chi connectivity index (χ1) is 15.2. The quantitative estimate of drug-likeness (QED) is 0.609. The molecule has 2 bridgehead atoms. The average molecular weight is 465 g/mol. The van der Waals surface area contributed by atoms with Gasteiger partial charge in [-0.3, -0.25) is 9.69 Å². The van der Waals surface area contributed by atoms with Crippen LogP contribution in [0.4, 0.5) is 13.2 Å². The Morgan fingerprint density at radius 1 is 1.19 bits per heavy atom. The van der Waals surface area contributed by atoms with Gasteiger partial charge in [-0.25, -0.2) is 0 Å². The van der Waals surface area contributed by atoms with Crippen molar-refractivity contribution in [3.8, 4) is 5.75 Å². The molecule has 0 aromatic heterocycles. The van der Waals surface area contributed by atoms with Gasteiger partial charge >= 0.3 is 6.18 Å². The number of benzene rings is 2. The predicted octanol–water partition coefficient (Wildman–Crippen LogP) is 5.32. The smallest absolute Gasteiger partial charge is 0.416 e. The maximum Gasteiger partial charge on any atom is 0.416 e. The molecule has 2 unspecified atom stereocenters. The normalized spacial score (nSPS) is 25.6. The molecule has 4 rings (SSSR count). The van der Waals surface area contributed by atoms with E-state index in [0.29, 0.717) is 6.04 Å². The lowest BCUT2D eigenvalue weighted by Gasteiger charge is -2.48. The standard InChI is InChI=1S/C24H27F3N2O2S/c1-29-17-9-10-20(29)23(12-11-17,15-7-5-4-6-8-15)28-22(30)21-18(31-2)13-16(24(25,26)27)14-19(21)32-3/h4-8,13-14,17,20H,9-12H2,1-3H3,(H,28,30)/t17?,20?,23-/m0/s1. The number of methoxy groups -OCH3 is 1. The van der Waals surface area contributed by atoms with Crippen LogP contribution in [-0.4, -0.2) is 43.3 Å². The Balaban J connectivity index is 1.79. The van der Waals surface area contributed by atoms with Gasteiger partial charge in [0.25, 0.3) is 5.91 Å². The van der Waals surface area contributed by atoms with Crippen LogP contribution in [0.25, 0.3) is 0 Å². The van der Waals surface area contributed by atoms with E-state index in [2.05, 4.69) is 17.3 Å². The maximum atomic E-state index is 13.7. The molecule has 2 aromatic rings. The van der Waals surface area contributed by atoms with E-state index < -0.39 is 23.2 Å². The van der Waals surface area contributed by atoms with Gasteiger partial charge in [0.1, 0.15) is 5.75 Å². The second kappa shape index (κ2) is 8.63. The number of piperidine rings is 1. The van der Waals surface area contributed by atoms with Gasteiger partial charge in [0.2, 0.25) is 0 Å². The highest BCUT2D eigenvalue weighted by molar-refractivity contribution is 7.98. The van der Waals surface area contributed by atoms with Gasteiger partial charge in [0.05, 0.1) is 23.8 Å². The number of thioether (sulfide) groups is 1. The molecule has 0 saturated carbocycles. The van der Waals surface area contributed by atoms with Crippen LogP contribution in [-0.2, 0) is 11.7 Å². The summed E-state index contributed by atoms with van der Waals surface area (Å²) in [5.41, 5.74) is -0.291. The zero-order valence-electron chi connectivity index (χ0n) is 18.3. The number of rotatable bonds is 5. The average Bonchev–Trinajstić information content (AvgIpc) is 3.04. The van der Waals surface area contributed by atoms with Crippen molar-refractivity contribution in [3.63, 3.8) is 0 Å². The Morgan fingerprint density at radius 3 is 2.53 bits per heavy atom. The van der Waals surface area contributed by atoms with E-state index in [0.717, 1.165) is 55.1 Å². The minimum atomic E-state index is -4.52. The van der Waals surface area contributed by atoms with Gasteiger partial charge in [0, 0.05) is 17.0 Å². The third-order valence-corrected chi connectivity index (χ3v) is 7.73. The SMILES string of the molecule is COc1cc(C(F)(F)F)cc(SC)c1C(=O)N[C@]1(c2ccccc2)CCC2CCC1N2C. The zero-order chi connectivity index (χ0) is 23.1. The fourth-order valence-electron chi connectivity index (χ4n) is 5.37. The van der Waals surface area contributed by atoms with Crippen LogP contribution in [0.15, 0.2) is 47.4 Å². The van der Waals surface area contributed by atoms with Gasteiger partial charge in [0.15, 0.2) is 0 Å². The van der Waals surface area contributed by atoms with Crippen molar-refractivity contribution in [2.75, 3.05) is 20.4 Å². The number of amides is 1. The second-order valence-corrected chi connectivity index (χ2v) is 9.34. The zero-order valence-corrected chi connectivity index (χ0v) is 19.1. The molecule has 0 spiro atoms. The van der Waals surface area contributed by atoms with Gasteiger partial charge in [-0.1, -0.05) is 30.3 Å². The third kappa shape index (κ3) is 3.88. The summed E-state index contributed by atoms with van der Waals surface area (Å²) >= 11 is 1.10. The monoisotopic (exact) mass is 464 g/mol. The summed E-state index contributed by atoms with van der Waals surface area (Å²) in [4.78, 5) is 16.3. The van der Waals surface area contributed by atoms with Crippen molar-refractivity contribution < 1.29 is 22.7 Å². The highest BCUT2D eigenvalue weighted by atomic mass is 32.2. The number of carbonyl (C=O) groups excluding carboxylic acids is 1. The number of nitrogens with zero attached hydrogens (tertiary/aromatic N) is 1. The molecule has 32 heavy (non-hydrogen) atoms. The Hall–Kier alpha value is -2.19. The highest BCUT2D eigenvalue weighted by Gasteiger charge is 2.52. The summed E-state index contributed by atoms with van der Waals surface area (Å²) in [6.07, 6.45) is 0.889. The molecule has 2 aliphatic rings. The van der Waals surface area contributed by atoms with Crippen LogP contribution in [0.1, 0.15) is 47.2 Å². The van der Waals surface area contributed by atoms with Crippen LogP contribution in [0.5, 0.6) is 5.75 Å². The molecule has 2 aliphatic heterocycles. The second-order valence-electron chi connectivity index (χ2n) is 8.50. The fourth-order valence-corrected chi connectivity index (χ4v) is 6.01. The fraction of sp³-hybridized carbons (Fsp3) is 0.458. The summed E-state index contributed by atoms with van der Waals surface area (Å²) in [5.74, 6) is -0.485. The van der Waals surface area contributed by atoms with Crippen molar-refractivity contribution in [2.24, 2.45) is 0 Å². The molecule has 172 valence electrons. The molecule has 0 aliphatic carbocycles. The molecule has 3 atom stereocenters. The molecule has 4 nitrogen and oxygen atoms in total. The first-order valence-corrected chi connectivity index (χ1v) is 11.9. The Morgan fingerprint density at radius 2 is 1.91 bits per heavy atom. The Labute approximate surface area is 190 Å². The molecular weight excluding hydrogens is 437 g/mol. The molecule has 2 heterocycles. The summed E-state index contributed by atoms with van der Waals surface area (Å²) in [7, 11) is 3.39. The van der Waals surface area contributed by atoms with E-state index >= 15 is 0 Å². The first-order valence-electron chi connectivity index (χ1n) is 10.6. The van der Waals surface area contributed by atoms with Crippen LogP contribution in [0.3, 0.4) is 0 Å². The van der Waals surface area contributed by atoms with E-state index in [1.54, 1.807) is 6.26 Å². The molecule has 2 aromatic carbocycles. The molecule has 1 amide bonds. The van der Waals surface area contributed by atoms with Crippen molar-refractivity contribution in [1.82, 2.24) is 10.2 Å². The predicted molar refractivity (Wildman–Crippen MR) is 119 cm³/mol. The number of ether oxygens (including phenoxy) is 1. The van der Waals surface area contributed by atoms with E-state index in [1.807, 2.05) is 30.3 Å².